The Balaban J connectivity index is 2.09. The van der Waals surface area contributed by atoms with Crippen LogP contribution in [0.2, 0.25) is 0 Å². The number of aryl methyl sites for hydroxylation is 1. The number of carbonyl (C=O) groups is 1. The molecule has 3 aromatic rings. The van der Waals surface area contributed by atoms with E-state index < -0.39 is 11.7 Å². The quantitative estimate of drug-likeness (QED) is 0.729. The average molecular weight is 316 g/mol. The largest absolute Gasteiger partial charge is 0.497 e. The fourth-order valence-corrected chi connectivity index (χ4v) is 3.17. The highest BCUT2D eigenvalue weighted by atomic mass is 32.1. The Morgan fingerprint density at radius 2 is 2.09 bits per heavy atom. The van der Waals surface area contributed by atoms with E-state index in [2.05, 4.69) is 4.99 Å². The van der Waals surface area contributed by atoms with Gasteiger partial charge in [-0.15, -0.1) is 0 Å². The van der Waals surface area contributed by atoms with Crippen molar-refractivity contribution in [3.05, 3.63) is 58.6 Å². The minimum absolute atomic E-state index is 0.232. The number of ether oxygens (including phenoxy) is 1. The molecule has 0 aliphatic heterocycles. The summed E-state index contributed by atoms with van der Waals surface area (Å²) < 4.78 is 21.2. The van der Waals surface area contributed by atoms with Crippen molar-refractivity contribution >= 4 is 27.5 Å². The third-order valence-electron chi connectivity index (χ3n) is 3.29. The van der Waals surface area contributed by atoms with Crippen molar-refractivity contribution in [1.82, 2.24) is 4.57 Å². The zero-order valence-electron chi connectivity index (χ0n) is 12.0. The number of amides is 1. The van der Waals surface area contributed by atoms with E-state index in [-0.39, 0.29) is 5.56 Å². The van der Waals surface area contributed by atoms with E-state index in [0.29, 0.717) is 4.80 Å². The van der Waals surface area contributed by atoms with E-state index in [0.717, 1.165) is 16.0 Å². The number of rotatable bonds is 2. The molecule has 0 spiro atoms. The second kappa shape index (κ2) is 5.73. The van der Waals surface area contributed by atoms with Gasteiger partial charge in [0.25, 0.3) is 5.91 Å². The van der Waals surface area contributed by atoms with Gasteiger partial charge in [0.2, 0.25) is 0 Å². The molecular formula is C16H13FN2O2S. The lowest BCUT2D eigenvalue weighted by Gasteiger charge is -1.99. The van der Waals surface area contributed by atoms with Gasteiger partial charge in [0.05, 0.1) is 17.3 Å². The normalized spacial score (nSPS) is 11.9. The summed E-state index contributed by atoms with van der Waals surface area (Å²) in [5, 5.41) is 0. The maximum Gasteiger partial charge on any atom is 0.279 e. The highest BCUT2D eigenvalue weighted by molar-refractivity contribution is 7.16. The number of hydrogen-bond acceptors (Lipinski definition) is 3. The zero-order chi connectivity index (χ0) is 15.7. The summed E-state index contributed by atoms with van der Waals surface area (Å²) in [5.74, 6) is -0.169. The Bertz CT molecular complexity index is 927. The van der Waals surface area contributed by atoms with Crippen molar-refractivity contribution in [3.63, 3.8) is 0 Å². The van der Waals surface area contributed by atoms with Crippen molar-refractivity contribution in [2.75, 3.05) is 7.11 Å². The first-order valence-electron chi connectivity index (χ1n) is 6.56. The molecule has 0 unspecified atom stereocenters. The van der Waals surface area contributed by atoms with Gasteiger partial charge in [-0.2, -0.15) is 4.99 Å². The molecule has 22 heavy (non-hydrogen) atoms. The molecule has 0 bridgehead atoms. The standard InChI is InChI=1S/C16H13FN2O2S/c1-19-13-7-6-12(21-2)9-14(13)22-16(19)18-15(20)10-4-3-5-11(17)8-10/h3-9H,1-2H3. The molecule has 0 N–H and O–H groups in total. The highest BCUT2D eigenvalue weighted by Gasteiger charge is 2.08. The third kappa shape index (κ3) is 2.65. The van der Waals surface area contributed by atoms with E-state index in [9.17, 15) is 9.18 Å². The molecule has 1 aromatic heterocycles. The van der Waals surface area contributed by atoms with Gasteiger partial charge in [0.15, 0.2) is 4.80 Å². The van der Waals surface area contributed by atoms with Crippen molar-refractivity contribution in [2.24, 2.45) is 12.0 Å². The van der Waals surface area contributed by atoms with Crippen LogP contribution in [0.3, 0.4) is 0 Å². The number of aromatic nitrogens is 1. The minimum Gasteiger partial charge on any atom is -0.497 e. The second-order valence-corrected chi connectivity index (χ2v) is 5.71. The van der Waals surface area contributed by atoms with Gasteiger partial charge in [-0.25, -0.2) is 4.39 Å². The maximum absolute atomic E-state index is 13.2. The number of methoxy groups -OCH3 is 1. The van der Waals surface area contributed by atoms with E-state index in [4.69, 9.17) is 4.74 Å². The Hall–Kier alpha value is -2.47. The summed E-state index contributed by atoms with van der Waals surface area (Å²) in [5.41, 5.74) is 1.19. The lowest BCUT2D eigenvalue weighted by atomic mass is 10.2. The van der Waals surface area contributed by atoms with Gasteiger partial charge in [0.1, 0.15) is 11.6 Å². The predicted octanol–water partition coefficient (Wildman–Crippen LogP) is 3.13. The van der Waals surface area contributed by atoms with E-state index in [1.807, 2.05) is 29.8 Å². The van der Waals surface area contributed by atoms with Gasteiger partial charge in [-0.05, 0) is 36.4 Å². The van der Waals surface area contributed by atoms with Crippen molar-refractivity contribution in [3.8, 4) is 5.75 Å². The molecule has 6 heteroatoms. The summed E-state index contributed by atoms with van der Waals surface area (Å²) in [7, 11) is 3.44. The van der Waals surface area contributed by atoms with Gasteiger partial charge in [-0.3, -0.25) is 4.79 Å². The molecule has 4 nitrogen and oxygen atoms in total. The Labute approximate surface area is 130 Å². The number of thiazole rings is 1. The summed E-state index contributed by atoms with van der Waals surface area (Å²) in [6.07, 6.45) is 0. The molecule has 3 rings (SSSR count). The summed E-state index contributed by atoms with van der Waals surface area (Å²) >= 11 is 1.38. The van der Waals surface area contributed by atoms with E-state index in [1.54, 1.807) is 13.2 Å². The maximum atomic E-state index is 13.2. The number of benzene rings is 2. The molecule has 112 valence electrons. The molecule has 0 saturated heterocycles. The first-order chi connectivity index (χ1) is 10.6. The molecule has 0 atom stereocenters. The molecular weight excluding hydrogens is 303 g/mol. The van der Waals surface area contributed by atoms with Crippen LogP contribution in [-0.4, -0.2) is 17.6 Å². The van der Waals surface area contributed by atoms with Crippen LogP contribution < -0.4 is 9.54 Å². The molecule has 0 aliphatic rings. The number of carbonyl (C=O) groups excluding carboxylic acids is 1. The van der Waals surface area contributed by atoms with Crippen LogP contribution in [0.15, 0.2) is 47.5 Å². The number of fused-ring (bicyclic) bond motifs is 1. The summed E-state index contributed by atoms with van der Waals surface area (Å²) in [6.45, 7) is 0. The van der Waals surface area contributed by atoms with Crippen LogP contribution in [0.5, 0.6) is 5.75 Å². The van der Waals surface area contributed by atoms with Gasteiger partial charge in [-0.1, -0.05) is 17.4 Å². The predicted molar refractivity (Wildman–Crippen MR) is 83.6 cm³/mol. The van der Waals surface area contributed by atoms with Crippen molar-refractivity contribution < 1.29 is 13.9 Å². The van der Waals surface area contributed by atoms with Gasteiger partial charge >= 0.3 is 0 Å². The van der Waals surface area contributed by atoms with Crippen LogP contribution in [-0.2, 0) is 7.05 Å². The Kier molecular flexibility index (Phi) is 3.77. The SMILES string of the molecule is COc1ccc2c(c1)sc(=NC(=O)c1cccc(F)c1)n2C. The van der Waals surface area contributed by atoms with Crippen molar-refractivity contribution in [2.45, 2.75) is 0 Å². The zero-order valence-corrected chi connectivity index (χ0v) is 12.9. The summed E-state index contributed by atoms with van der Waals surface area (Å²) in [4.78, 5) is 16.8. The van der Waals surface area contributed by atoms with Crippen LogP contribution in [0, 0.1) is 5.82 Å². The van der Waals surface area contributed by atoms with E-state index >= 15 is 0 Å². The highest BCUT2D eigenvalue weighted by Crippen LogP contribution is 2.22. The molecule has 0 fully saturated rings. The second-order valence-electron chi connectivity index (χ2n) is 4.70. The van der Waals surface area contributed by atoms with Crippen LogP contribution in [0.25, 0.3) is 10.2 Å². The van der Waals surface area contributed by atoms with Gasteiger partial charge < -0.3 is 9.30 Å². The van der Waals surface area contributed by atoms with Gasteiger partial charge in [0, 0.05) is 12.6 Å². The summed E-state index contributed by atoms with van der Waals surface area (Å²) in [6, 6.07) is 11.2. The Morgan fingerprint density at radius 1 is 1.27 bits per heavy atom. The van der Waals surface area contributed by atoms with E-state index in [1.165, 1.54) is 29.5 Å². The van der Waals surface area contributed by atoms with Crippen LogP contribution in [0.1, 0.15) is 10.4 Å². The third-order valence-corrected chi connectivity index (χ3v) is 4.38. The lowest BCUT2D eigenvalue weighted by molar-refractivity contribution is 0.0997. The first-order valence-corrected chi connectivity index (χ1v) is 7.38. The minimum atomic E-state index is -0.464. The monoisotopic (exact) mass is 316 g/mol. The number of nitrogens with zero attached hydrogens (tertiary/aromatic N) is 2. The molecule has 0 saturated carbocycles. The smallest absolute Gasteiger partial charge is 0.279 e. The first kappa shape index (κ1) is 14.5. The topological polar surface area (TPSA) is 43.6 Å². The fraction of sp³-hybridized carbons (Fsp3) is 0.125. The molecule has 2 aromatic carbocycles. The molecule has 1 heterocycles. The number of halogens is 1. The lowest BCUT2D eigenvalue weighted by Crippen LogP contribution is -2.13. The number of hydrogen-bond donors (Lipinski definition) is 0. The molecule has 0 radical (unpaired) electrons. The molecule has 1 amide bonds. The van der Waals surface area contributed by atoms with Crippen molar-refractivity contribution in [1.29, 1.82) is 0 Å². The van der Waals surface area contributed by atoms with Crippen LogP contribution >= 0.6 is 11.3 Å². The van der Waals surface area contributed by atoms with Crippen LogP contribution in [0.4, 0.5) is 4.39 Å². The molecule has 0 aliphatic carbocycles. The average Bonchev–Trinajstić information content (AvgIpc) is 2.82. The Morgan fingerprint density at radius 3 is 2.82 bits per heavy atom. The fourth-order valence-electron chi connectivity index (χ4n) is 2.12.